The molecule has 1 saturated heterocycles. The van der Waals surface area contributed by atoms with Crippen molar-refractivity contribution >= 4 is 22.5 Å². The normalized spacial score (nSPS) is 18.2. The van der Waals surface area contributed by atoms with Crippen LogP contribution >= 0.6 is 0 Å². The zero-order valence-corrected chi connectivity index (χ0v) is 15.7. The number of ketones is 1. The lowest BCUT2D eigenvalue weighted by molar-refractivity contribution is -0.166. The molecular weight excluding hydrogens is 358 g/mol. The van der Waals surface area contributed by atoms with Crippen LogP contribution in [0.3, 0.4) is 0 Å². The number of carbonyl (C=O) groups excluding carboxylic acids is 1. The zero-order valence-electron chi connectivity index (χ0n) is 15.7. The molecule has 0 spiro atoms. The Balaban J connectivity index is 1.61. The van der Waals surface area contributed by atoms with E-state index in [1.807, 2.05) is 11.5 Å². The van der Waals surface area contributed by atoms with E-state index in [9.17, 15) is 4.79 Å². The van der Waals surface area contributed by atoms with Gasteiger partial charge < -0.3 is 19.8 Å². The summed E-state index contributed by atoms with van der Waals surface area (Å²) in [6.07, 6.45) is 10.9. The van der Waals surface area contributed by atoms with E-state index in [0.29, 0.717) is 34.5 Å². The van der Waals surface area contributed by atoms with Crippen LogP contribution in [0.4, 0.5) is 5.69 Å². The molecule has 28 heavy (non-hydrogen) atoms. The minimum absolute atomic E-state index is 0.0246. The standard InChI is InChI=1S/C20H23N5O3/c1-13(11-28-18-4-2-3-5-27-18)25-10-17(16-9-23-12-24-20(16)25)19(26)14-6-15(21)8-22-7-14/h6-10,12-13,18H,2-5,11,21H2,1H3/t13-,18?/m1/s1. The molecule has 4 heterocycles. The lowest BCUT2D eigenvalue weighted by Gasteiger charge is -2.24. The molecule has 0 radical (unpaired) electrons. The van der Waals surface area contributed by atoms with Crippen LogP contribution in [0.15, 0.2) is 37.2 Å². The largest absolute Gasteiger partial charge is 0.397 e. The third-order valence-corrected chi connectivity index (χ3v) is 4.90. The summed E-state index contributed by atoms with van der Waals surface area (Å²) in [6.45, 7) is 3.23. The summed E-state index contributed by atoms with van der Waals surface area (Å²) in [5, 5.41) is 0.690. The number of carbonyl (C=O) groups is 1. The van der Waals surface area contributed by atoms with Gasteiger partial charge in [-0.05, 0) is 32.3 Å². The molecule has 1 aliphatic heterocycles. The Morgan fingerprint density at radius 1 is 1.36 bits per heavy atom. The fourth-order valence-electron chi connectivity index (χ4n) is 3.41. The van der Waals surface area contributed by atoms with Gasteiger partial charge in [-0.1, -0.05) is 0 Å². The van der Waals surface area contributed by atoms with Crippen molar-refractivity contribution in [2.75, 3.05) is 18.9 Å². The fourth-order valence-corrected chi connectivity index (χ4v) is 3.41. The summed E-state index contributed by atoms with van der Waals surface area (Å²) in [5.74, 6) is -0.165. The van der Waals surface area contributed by atoms with E-state index in [2.05, 4.69) is 15.0 Å². The van der Waals surface area contributed by atoms with Crippen LogP contribution in [0.1, 0.15) is 48.1 Å². The van der Waals surface area contributed by atoms with E-state index in [0.717, 1.165) is 25.9 Å². The second kappa shape index (κ2) is 8.04. The second-order valence-electron chi connectivity index (χ2n) is 7.02. The molecule has 146 valence electrons. The number of pyridine rings is 1. The van der Waals surface area contributed by atoms with Crippen molar-refractivity contribution in [2.45, 2.75) is 38.5 Å². The molecular formula is C20H23N5O3. The van der Waals surface area contributed by atoms with Gasteiger partial charge >= 0.3 is 0 Å². The van der Waals surface area contributed by atoms with Gasteiger partial charge in [-0.15, -0.1) is 0 Å². The molecule has 8 heteroatoms. The summed E-state index contributed by atoms with van der Waals surface area (Å²) in [7, 11) is 0. The number of nitrogen functional groups attached to an aromatic ring is 1. The van der Waals surface area contributed by atoms with Gasteiger partial charge in [0.25, 0.3) is 0 Å². The van der Waals surface area contributed by atoms with Crippen molar-refractivity contribution in [3.8, 4) is 0 Å². The van der Waals surface area contributed by atoms with Crippen molar-refractivity contribution in [3.63, 3.8) is 0 Å². The lowest BCUT2D eigenvalue weighted by atomic mass is 10.1. The van der Waals surface area contributed by atoms with Crippen LogP contribution in [-0.4, -0.2) is 44.8 Å². The topological polar surface area (TPSA) is 105 Å². The van der Waals surface area contributed by atoms with E-state index >= 15 is 0 Å². The number of hydrogen-bond acceptors (Lipinski definition) is 7. The highest BCUT2D eigenvalue weighted by atomic mass is 16.7. The second-order valence-corrected chi connectivity index (χ2v) is 7.02. The summed E-state index contributed by atoms with van der Waals surface area (Å²) < 4.78 is 13.5. The monoisotopic (exact) mass is 381 g/mol. The number of hydrogen-bond donors (Lipinski definition) is 1. The first-order valence-electron chi connectivity index (χ1n) is 9.42. The molecule has 0 aliphatic carbocycles. The highest BCUT2D eigenvalue weighted by Gasteiger charge is 2.22. The molecule has 2 N–H and O–H groups in total. The molecule has 0 aromatic carbocycles. The van der Waals surface area contributed by atoms with Gasteiger partial charge in [-0.2, -0.15) is 0 Å². The van der Waals surface area contributed by atoms with E-state index < -0.39 is 0 Å². The van der Waals surface area contributed by atoms with Crippen LogP contribution in [0.5, 0.6) is 0 Å². The van der Waals surface area contributed by atoms with Crippen molar-refractivity contribution in [2.24, 2.45) is 0 Å². The SMILES string of the molecule is C[C@H](COC1CCCCO1)n1cc(C(=O)c2cncc(N)c2)c2cncnc21. The predicted molar refractivity (Wildman–Crippen MR) is 104 cm³/mol. The first-order chi connectivity index (χ1) is 13.6. The molecule has 2 atom stereocenters. The molecule has 0 bridgehead atoms. The minimum atomic E-state index is -0.165. The molecule has 4 rings (SSSR count). The van der Waals surface area contributed by atoms with E-state index in [-0.39, 0.29) is 18.1 Å². The maximum Gasteiger partial charge on any atom is 0.196 e. The highest BCUT2D eigenvalue weighted by molar-refractivity contribution is 6.16. The van der Waals surface area contributed by atoms with Crippen molar-refractivity contribution in [1.82, 2.24) is 19.5 Å². The first-order valence-corrected chi connectivity index (χ1v) is 9.42. The summed E-state index contributed by atoms with van der Waals surface area (Å²) >= 11 is 0. The number of nitrogens with two attached hydrogens (primary N) is 1. The van der Waals surface area contributed by atoms with Crippen molar-refractivity contribution < 1.29 is 14.3 Å². The Labute approximate surface area is 162 Å². The van der Waals surface area contributed by atoms with Gasteiger partial charge in [0, 0.05) is 42.3 Å². The Kier molecular flexibility index (Phi) is 5.31. The maximum atomic E-state index is 13.0. The average molecular weight is 381 g/mol. The summed E-state index contributed by atoms with van der Waals surface area (Å²) in [5.41, 5.74) is 7.86. The molecule has 1 fully saturated rings. The Morgan fingerprint density at radius 3 is 3.04 bits per heavy atom. The Bertz CT molecular complexity index is 981. The third-order valence-electron chi connectivity index (χ3n) is 4.90. The van der Waals surface area contributed by atoms with Gasteiger partial charge in [0.15, 0.2) is 12.1 Å². The lowest BCUT2D eigenvalue weighted by Crippen LogP contribution is -2.25. The Hall–Kier alpha value is -2.84. The average Bonchev–Trinajstić information content (AvgIpc) is 3.12. The number of anilines is 1. The quantitative estimate of drug-likeness (QED) is 0.655. The number of nitrogens with zero attached hydrogens (tertiary/aromatic N) is 4. The summed E-state index contributed by atoms with van der Waals surface area (Å²) in [6, 6.07) is 1.60. The number of rotatable bonds is 6. The molecule has 3 aromatic heterocycles. The maximum absolute atomic E-state index is 13.0. The molecule has 0 amide bonds. The first kappa shape index (κ1) is 18.5. The fraction of sp³-hybridized carbons (Fsp3) is 0.400. The van der Waals surface area contributed by atoms with Crippen molar-refractivity contribution in [3.05, 3.63) is 48.3 Å². The van der Waals surface area contributed by atoms with Gasteiger partial charge in [0.1, 0.15) is 12.0 Å². The number of fused-ring (bicyclic) bond motifs is 1. The minimum Gasteiger partial charge on any atom is -0.397 e. The van der Waals surface area contributed by atoms with E-state index in [1.165, 1.54) is 18.7 Å². The zero-order chi connectivity index (χ0) is 19.5. The Morgan fingerprint density at radius 2 is 2.25 bits per heavy atom. The molecule has 1 aliphatic rings. The van der Waals surface area contributed by atoms with Crippen LogP contribution in [0.25, 0.3) is 11.0 Å². The molecule has 3 aromatic rings. The summed E-state index contributed by atoms with van der Waals surface area (Å²) in [4.78, 5) is 25.5. The van der Waals surface area contributed by atoms with Crippen LogP contribution in [0.2, 0.25) is 0 Å². The molecule has 8 nitrogen and oxygen atoms in total. The van der Waals surface area contributed by atoms with Gasteiger partial charge in [0.2, 0.25) is 0 Å². The number of ether oxygens (including phenoxy) is 2. The van der Waals surface area contributed by atoms with E-state index in [1.54, 1.807) is 18.5 Å². The predicted octanol–water partition coefficient (Wildman–Crippen LogP) is 2.74. The number of aromatic nitrogens is 4. The van der Waals surface area contributed by atoms with E-state index in [4.69, 9.17) is 15.2 Å². The van der Waals surface area contributed by atoms with Crippen LogP contribution < -0.4 is 5.73 Å². The van der Waals surface area contributed by atoms with Crippen LogP contribution in [0, 0.1) is 0 Å². The molecule has 0 saturated carbocycles. The highest BCUT2D eigenvalue weighted by Crippen LogP contribution is 2.26. The third kappa shape index (κ3) is 3.74. The van der Waals surface area contributed by atoms with Gasteiger partial charge in [0.05, 0.1) is 23.9 Å². The smallest absolute Gasteiger partial charge is 0.196 e. The molecule has 1 unspecified atom stereocenters. The van der Waals surface area contributed by atoms with Crippen molar-refractivity contribution in [1.29, 1.82) is 0 Å². The van der Waals surface area contributed by atoms with Crippen LogP contribution in [-0.2, 0) is 9.47 Å². The van der Waals surface area contributed by atoms with Gasteiger partial charge in [-0.25, -0.2) is 9.97 Å². The van der Waals surface area contributed by atoms with Gasteiger partial charge in [-0.3, -0.25) is 9.78 Å².